The predicted molar refractivity (Wildman–Crippen MR) is 149 cm³/mol. The highest BCUT2D eigenvalue weighted by Crippen LogP contribution is 2.65. The number of Topliss-reactive ketones (excluding diaryl/α,β-unsaturated/α-hetero) is 1. The van der Waals surface area contributed by atoms with E-state index in [4.69, 9.17) is 0 Å². The Morgan fingerprint density at radius 3 is 2.57 bits per heavy atom. The maximum Gasteiger partial charge on any atom is 0.156 e. The lowest BCUT2D eigenvalue weighted by Gasteiger charge is -2.52. The molecule has 0 unspecified atom stereocenters. The average molecular weight is 502 g/mol. The van der Waals surface area contributed by atoms with Crippen molar-refractivity contribution in [3.8, 4) is 0 Å². The van der Waals surface area contributed by atoms with Gasteiger partial charge in [0.1, 0.15) is 12.1 Å². The van der Waals surface area contributed by atoms with Gasteiger partial charge in [0.05, 0.1) is 0 Å². The number of anilines is 1. The van der Waals surface area contributed by atoms with Crippen LogP contribution in [0.4, 0.5) is 5.69 Å². The summed E-state index contributed by atoms with van der Waals surface area (Å²) in [5.41, 5.74) is 7.01. The largest absolute Gasteiger partial charge is 0.375 e. The Kier molecular flexibility index (Phi) is 7.56. The van der Waals surface area contributed by atoms with Crippen LogP contribution < -0.4 is 4.90 Å². The second-order valence-electron chi connectivity index (χ2n) is 12.4. The van der Waals surface area contributed by atoms with E-state index in [9.17, 15) is 14.4 Å². The number of benzene rings is 1. The highest BCUT2D eigenvalue weighted by molar-refractivity contribution is 5.93. The molecule has 0 heterocycles. The molecule has 198 valence electrons. The standard InChI is InChI=1S/C33H43NO3/c1-22(36)30-16-17-31-28-14-10-24-20-26(37)13-15-27(24)32(28)29(21-33(30,31)2)23-8-11-25(12-9-23)34(3)18-6-4-5-7-19-35/h8-9,11-12,19-20,28-31H,4-7,10,13-18,21H2,1-3H3/t28-,29+,30-,31-,33+/m0/s1. The van der Waals surface area contributed by atoms with Crippen LogP contribution in [0.3, 0.4) is 0 Å². The zero-order valence-electron chi connectivity index (χ0n) is 22.9. The van der Waals surface area contributed by atoms with Gasteiger partial charge in [-0.25, -0.2) is 0 Å². The summed E-state index contributed by atoms with van der Waals surface area (Å²) in [7, 11) is 2.15. The van der Waals surface area contributed by atoms with Gasteiger partial charge in [0.15, 0.2) is 5.78 Å². The van der Waals surface area contributed by atoms with Crippen molar-refractivity contribution in [3.63, 3.8) is 0 Å². The van der Waals surface area contributed by atoms with E-state index >= 15 is 0 Å². The maximum atomic E-state index is 12.8. The summed E-state index contributed by atoms with van der Waals surface area (Å²) in [6, 6.07) is 9.16. The lowest BCUT2D eigenvalue weighted by atomic mass is 9.51. The number of ketones is 2. The number of rotatable bonds is 9. The Hall–Kier alpha value is -2.49. The van der Waals surface area contributed by atoms with Crippen molar-refractivity contribution in [1.29, 1.82) is 0 Å². The molecule has 0 spiro atoms. The first-order valence-electron chi connectivity index (χ1n) is 14.6. The molecule has 5 rings (SSSR count). The Morgan fingerprint density at radius 1 is 1.05 bits per heavy atom. The van der Waals surface area contributed by atoms with Crippen LogP contribution in [0, 0.1) is 23.2 Å². The summed E-state index contributed by atoms with van der Waals surface area (Å²) in [6.45, 7) is 5.20. The van der Waals surface area contributed by atoms with E-state index < -0.39 is 0 Å². The van der Waals surface area contributed by atoms with Crippen LogP contribution in [-0.4, -0.2) is 31.4 Å². The minimum Gasteiger partial charge on any atom is -0.375 e. The number of carbonyl (C=O) groups is 3. The quantitative estimate of drug-likeness (QED) is 0.270. The van der Waals surface area contributed by atoms with Crippen LogP contribution in [0.5, 0.6) is 0 Å². The summed E-state index contributed by atoms with van der Waals surface area (Å²) in [4.78, 5) is 37.9. The number of nitrogens with zero attached hydrogens (tertiary/aromatic N) is 1. The highest BCUT2D eigenvalue weighted by Gasteiger charge is 2.57. The summed E-state index contributed by atoms with van der Waals surface area (Å²) in [5.74, 6) is 2.24. The SMILES string of the molecule is CC(=O)[C@@H]1CC[C@H]2[C@@H]3CCC4=CC(=O)CCC4=C3[C@@H](c3ccc(N(C)CCCCCC=O)cc3)C[C@]12C. The zero-order valence-corrected chi connectivity index (χ0v) is 22.9. The molecule has 2 fully saturated rings. The number of hydrogen-bond acceptors (Lipinski definition) is 4. The van der Waals surface area contributed by atoms with Crippen molar-refractivity contribution in [2.24, 2.45) is 23.2 Å². The Balaban J connectivity index is 1.45. The van der Waals surface area contributed by atoms with Gasteiger partial charge in [-0.2, -0.15) is 0 Å². The van der Waals surface area contributed by atoms with E-state index in [1.54, 1.807) is 12.5 Å². The average Bonchev–Trinajstić information content (AvgIpc) is 3.25. The molecule has 0 saturated heterocycles. The summed E-state index contributed by atoms with van der Waals surface area (Å²) in [5, 5.41) is 0. The number of carbonyl (C=O) groups excluding carboxylic acids is 3. The van der Waals surface area contributed by atoms with Crippen molar-refractivity contribution in [3.05, 3.63) is 52.6 Å². The van der Waals surface area contributed by atoms with Crippen molar-refractivity contribution < 1.29 is 14.4 Å². The number of allylic oxidation sites excluding steroid dienone is 4. The van der Waals surface area contributed by atoms with E-state index in [1.807, 2.05) is 6.08 Å². The van der Waals surface area contributed by atoms with Crippen LogP contribution in [-0.2, 0) is 14.4 Å². The molecule has 4 nitrogen and oxygen atoms in total. The number of fused-ring (bicyclic) bond motifs is 4. The first-order chi connectivity index (χ1) is 17.8. The molecule has 4 aliphatic carbocycles. The molecule has 0 radical (unpaired) electrons. The molecular weight excluding hydrogens is 458 g/mol. The second kappa shape index (κ2) is 10.7. The Bertz CT molecular complexity index is 1110. The van der Waals surface area contributed by atoms with Gasteiger partial charge in [0.2, 0.25) is 0 Å². The first-order valence-corrected chi connectivity index (χ1v) is 14.6. The Morgan fingerprint density at radius 2 is 1.84 bits per heavy atom. The fraction of sp³-hybridized carbons (Fsp3) is 0.606. The van der Waals surface area contributed by atoms with E-state index in [-0.39, 0.29) is 17.1 Å². The molecule has 0 bridgehead atoms. The molecule has 0 aromatic heterocycles. The molecule has 1 aromatic rings. The van der Waals surface area contributed by atoms with E-state index in [0.717, 1.165) is 70.6 Å². The topological polar surface area (TPSA) is 54.5 Å². The fourth-order valence-electron chi connectivity index (χ4n) is 8.47. The smallest absolute Gasteiger partial charge is 0.156 e. The Labute approximate surface area is 222 Å². The summed E-state index contributed by atoms with van der Waals surface area (Å²) in [6.07, 6.45) is 13.6. The zero-order chi connectivity index (χ0) is 26.2. The van der Waals surface area contributed by atoms with Crippen LogP contribution in [0.15, 0.2) is 47.1 Å². The molecule has 0 amide bonds. The van der Waals surface area contributed by atoms with E-state index in [1.165, 1.54) is 22.4 Å². The van der Waals surface area contributed by atoms with Crippen LogP contribution in [0.25, 0.3) is 0 Å². The minimum absolute atomic E-state index is 0.0495. The number of unbranched alkanes of at least 4 members (excludes halogenated alkanes) is 3. The van der Waals surface area contributed by atoms with Gasteiger partial charge < -0.3 is 9.69 Å². The molecule has 37 heavy (non-hydrogen) atoms. The van der Waals surface area contributed by atoms with Gasteiger partial charge in [-0.05, 0) is 110 Å². The van der Waals surface area contributed by atoms with Crippen molar-refractivity contribution >= 4 is 23.5 Å². The third-order valence-electron chi connectivity index (χ3n) is 10.3. The second-order valence-corrected chi connectivity index (χ2v) is 12.4. The lowest BCUT2D eigenvalue weighted by molar-refractivity contribution is -0.125. The van der Waals surface area contributed by atoms with Gasteiger partial charge >= 0.3 is 0 Å². The van der Waals surface area contributed by atoms with Crippen molar-refractivity contribution in [1.82, 2.24) is 0 Å². The molecular formula is C33H43NO3. The van der Waals surface area contributed by atoms with Crippen LogP contribution >= 0.6 is 0 Å². The third-order valence-corrected chi connectivity index (χ3v) is 10.3. The maximum absolute atomic E-state index is 12.8. The van der Waals surface area contributed by atoms with Crippen LogP contribution in [0.1, 0.15) is 96.0 Å². The fourth-order valence-corrected chi connectivity index (χ4v) is 8.47. The van der Waals surface area contributed by atoms with Gasteiger partial charge in [-0.1, -0.05) is 31.1 Å². The first kappa shape index (κ1) is 26.1. The predicted octanol–water partition coefficient (Wildman–Crippen LogP) is 6.99. The minimum atomic E-state index is 0.0495. The molecule has 4 aliphatic rings. The van der Waals surface area contributed by atoms with E-state index in [0.29, 0.717) is 36.4 Å². The molecule has 0 N–H and O–H groups in total. The van der Waals surface area contributed by atoms with Crippen molar-refractivity contribution in [2.75, 3.05) is 18.5 Å². The highest BCUT2D eigenvalue weighted by atomic mass is 16.1. The van der Waals surface area contributed by atoms with Crippen molar-refractivity contribution in [2.45, 2.75) is 90.4 Å². The number of hydrogen-bond donors (Lipinski definition) is 0. The molecule has 4 heteroatoms. The lowest BCUT2D eigenvalue weighted by Crippen LogP contribution is -2.44. The molecule has 2 saturated carbocycles. The van der Waals surface area contributed by atoms with Gasteiger partial charge in [-0.15, -0.1) is 0 Å². The van der Waals surface area contributed by atoms with Gasteiger partial charge in [0.25, 0.3) is 0 Å². The molecule has 5 atom stereocenters. The van der Waals surface area contributed by atoms with E-state index in [2.05, 4.69) is 43.1 Å². The molecule has 1 aromatic carbocycles. The normalized spacial score (nSPS) is 30.8. The number of aldehydes is 1. The third kappa shape index (κ3) is 4.89. The molecule has 0 aliphatic heterocycles. The summed E-state index contributed by atoms with van der Waals surface area (Å²) < 4.78 is 0. The van der Waals surface area contributed by atoms with Gasteiger partial charge in [0, 0.05) is 44.0 Å². The van der Waals surface area contributed by atoms with Gasteiger partial charge in [-0.3, -0.25) is 9.59 Å². The summed E-state index contributed by atoms with van der Waals surface area (Å²) >= 11 is 0. The monoisotopic (exact) mass is 501 g/mol. The van der Waals surface area contributed by atoms with Crippen LogP contribution in [0.2, 0.25) is 0 Å².